The number of pyridine rings is 1. The smallest absolute Gasteiger partial charge is 0.173 e. The van der Waals surface area contributed by atoms with Crippen LogP contribution in [0, 0.1) is 0 Å². The predicted octanol–water partition coefficient (Wildman–Crippen LogP) is 3.01. The van der Waals surface area contributed by atoms with Crippen LogP contribution >= 0.6 is 19.8 Å². The third-order valence-electron chi connectivity index (χ3n) is 3.34. The quantitative estimate of drug-likeness (QED) is 0.595. The second kappa shape index (κ2) is 5.88. The van der Waals surface area contributed by atoms with Gasteiger partial charge in [-0.1, -0.05) is 60.7 Å². The summed E-state index contributed by atoms with van der Waals surface area (Å²) in [5.74, 6) is 0. The zero-order valence-corrected chi connectivity index (χ0v) is 13.0. The van der Waals surface area contributed by atoms with Gasteiger partial charge in [0.1, 0.15) is 5.03 Å². The number of aromatic nitrogens is 1. The van der Waals surface area contributed by atoms with Gasteiger partial charge in [-0.25, -0.2) is 4.98 Å². The summed E-state index contributed by atoms with van der Waals surface area (Å²) in [6.07, 6.45) is 1.66. The first-order chi connectivity index (χ1) is 10.2. The number of hydrogen-bond donors (Lipinski definition) is 1. The highest BCUT2D eigenvalue weighted by Crippen LogP contribution is 2.43. The fourth-order valence-electron chi connectivity index (χ4n) is 2.34. The molecule has 0 aliphatic carbocycles. The largest absolute Gasteiger partial charge is 0.309 e. The van der Waals surface area contributed by atoms with Crippen molar-refractivity contribution in [1.29, 1.82) is 0 Å². The third-order valence-corrected chi connectivity index (χ3v) is 6.97. The van der Waals surface area contributed by atoms with Crippen molar-refractivity contribution in [1.82, 2.24) is 4.98 Å². The van der Waals surface area contributed by atoms with Crippen LogP contribution in [0.5, 0.6) is 0 Å². The number of rotatable bonds is 3. The molecule has 0 radical (unpaired) electrons. The van der Waals surface area contributed by atoms with Crippen molar-refractivity contribution < 1.29 is 4.57 Å². The molecule has 2 aromatic carbocycles. The Morgan fingerprint density at radius 2 is 1.29 bits per heavy atom. The zero-order valence-electron chi connectivity index (χ0n) is 11.3. The predicted molar refractivity (Wildman–Crippen MR) is 90.9 cm³/mol. The van der Waals surface area contributed by atoms with E-state index in [9.17, 15) is 4.57 Å². The molecule has 3 aromatic rings. The van der Waals surface area contributed by atoms with Gasteiger partial charge in [-0.05, 0) is 12.1 Å². The van der Waals surface area contributed by atoms with Crippen LogP contribution in [0.2, 0.25) is 0 Å². The molecule has 0 aliphatic rings. The Balaban J connectivity index is 2.32. The van der Waals surface area contributed by atoms with Gasteiger partial charge in [0, 0.05) is 16.8 Å². The molecule has 2 nitrogen and oxygen atoms in total. The highest BCUT2D eigenvalue weighted by Gasteiger charge is 2.31. The van der Waals surface area contributed by atoms with Gasteiger partial charge in [-0.3, -0.25) is 0 Å². The summed E-state index contributed by atoms with van der Waals surface area (Å²) in [4.78, 5) is 4.19. The first-order valence-corrected chi connectivity index (χ1v) is 8.74. The van der Waals surface area contributed by atoms with Crippen molar-refractivity contribution >= 4 is 35.7 Å². The van der Waals surface area contributed by atoms with Crippen molar-refractivity contribution in [2.75, 3.05) is 0 Å². The summed E-state index contributed by atoms with van der Waals surface area (Å²) in [6.45, 7) is 0. The number of thiol groups is 1. The van der Waals surface area contributed by atoms with Gasteiger partial charge in [0.15, 0.2) is 7.14 Å². The second-order valence-electron chi connectivity index (χ2n) is 4.63. The molecule has 1 heterocycles. The second-order valence-corrected chi connectivity index (χ2v) is 7.78. The molecule has 0 atom stereocenters. The minimum absolute atomic E-state index is 0.508. The average molecular weight is 311 g/mol. The molecule has 3 rings (SSSR count). The van der Waals surface area contributed by atoms with Crippen molar-refractivity contribution in [2.24, 2.45) is 0 Å². The van der Waals surface area contributed by atoms with Crippen molar-refractivity contribution in [3.8, 4) is 0 Å². The van der Waals surface area contributed by atoms with Gasteiger partial charge in [0.2, 0.25) is 0 Å². The molecule has 0 saturated heterocycles. The molecule has 4 heteroatoms. The van der Waals surface area contributed by atoms with Crippen LogP contribution in [0.1, 0.15) is 0 Å². The Morgan fingerprint density at radius 1 is 0.762 bits per heavy atom. The van der Waals surface area contributed by atoms with Crippen LogP contribution in [0.25, 0.3) is 0 Å². The van der Waals surface area contributed by atoms with E-state index in [1.165, 1.54) is 0 Å². The number of benzene rings is 2. The van der Waals surface area contributed by atoms with E-state index in [0.29, 0.717) is 10.3 Å². The lowest BCUT2D eigenvalue weighted by Gasteiger charge is -2.20. The maximum Gasteiger partial charge on any atom is 0.173 e. The monoisotopic (exact) mass is 311 g/mol. The van der Waals surface area contributed by atoms with Crippen molar-refractivity contribution in [3.63, 3.8) is 0 Å². The topological polar surface area (TPSA) is 30.0 Å². The SMILES string of the molecule is O=P(c1ccccc1)(c1ccccc1)c1cccnc1S. The molecule has 104 valence electrons. The lowest BCUT2D eigenvalue weighted by molar-refractivity contribution is 0.592. The molecule has 0 saturated carbocycles. The van der Waals surface area contributed by atoms with Crippen LogP contribution < -0.4 is 15.9 Å². The fourth-order valence-corrected chi connectivity index (χ4v) is 5.57. The lowest BCUT2D eigenvalue weighted by atomic mass is 10.4. The lowest BCUT2D eigenvalue weighted by Crippen LogP contribution is -2.26. The number of nitrogens with zero attached hydrogens (tertiary/aromatic N) is 1. The maximum absolute atomic E-state index is 14.0. The van der Waals surface area contributed by atoms with Crippen molar-refractivity contribution in [3.05, 3.63) is 79.0 Å². The van der Waals surface area contributed by atoms with E-state index in [2.05, 4.69) is 17.6 Å². The first kappa shape index (κ1) is 14.1. The zero-order chi connectivity index (χ0) is 14.7. The van der Waals surface area contributed by atoms with E-state index in [1.807, 2.05) is 66.7 Å². The minimum Gasteiger partial charge on any atom is -0.309 e. The summed E-state index contributed by atoms with van der Waals surface area (Å²) in [5, 5.41) is 2.76. The van der Waals surface area contributed by atoms with Crippen LogP contribution in [0.3, 0.4) is 0 Å². The van der Waals surface area contributed by atoms with E-state index in [-0.39, 0.29) is 0 Å². The molecule has 21 heavy (non-hydrogen) atoms. The Morgan fingerprint density at radius 3 is 1.76 bits per heavy atom. The van der Waals surface area contributed by atoms with Gasteiger partial charge in [0.25, 0.3) is 0 Å². The molecule has 0 spiro atoms. The molecular formula is C17H14NOPS. The summed E-state index contributed by atoms with van der Waals surface area (Å²) in [6, 6.07) is 22.7. The molecule has 0 unspecified atom stereocenters. The summed E-state index contributed by atoms with van der Waals surface area (Å²) < 4.78 is 14.0. The van der Waals surface area contributed by atoms with E-state index >= 15 is 0 Å². The number of hydrogen-bond acceptors (Lipinski definition) is 3. The molecular weight excluding hydrogens is 297 g/mol. The molecule has 1 aromatic heterocycles. The van der Waals surface area contributed by atoms with Crippen LogP contribution in [-0.2, 0) is 4.57 Å². The molecule has 0 amide bonds. The summed E-state index contributed by atoms with van der Waals surface area (Å²) >= 11 is 4.41. The molecule has 0 aliphatic heterocycles. The van der Waals surface area contributed by atoms with E-state index in [0.717, 1.165) is 10.6 Å². The van der Waals surface area contributed by atoms with Crippen molar-refractivity contribution in [2.45, 2.75) is 5.03 Å². The Bertz CT molecular complexity index is 747. The molecule has 0 N–H and O–H groups in total. The first-order valence-electron chi connectivity index (χ1n) is 6.59. The highest BCUT2D eigenvalue weighted by atomic mass is 32.1. The van der Waals surface area contributed by atoms with E-state index in [1.54, 1.807) is 12.3 Å². The Labute approximate surface area is 129 Å². The van der Waals surface area contributed by atoms with Crippen LogP contribution in [-0.4, -0.2) is 4.98 Å². The molecule has 0 bridgehead atoms. The van der Waals surface area contributed by atoms with E-state index < -0.39 is 7.14 Å². The third kappa shape index (κ3) is 2.55. The standard InChI is InChI=1S/C17H14NOPS/c19-20(14-8-3-1-4-9-14,15-10-5-2-6-11-15)16-12-7-13-18-17(16)21/h1-13H,(H,18,21). The summed E-state index contributed by atoms with van der Waals surface area (Å²) in [7, 11) is -2.95. The normalized spacial score (nSPS) is 11.3. The fraction of sp³-hybridized carbons (Fsp3) is 0. The Hall–Kier alpha value is -1.83. The van der Waals surface area contributed by atoms with Gasteiger partial charge in [-0.2, -0.15) is 0 Å². The maximum atomic E-state index is 14.0. The van der Waals surface area contributed by atoms with Crippen LogP contribution in [0.4, 0.5) is 0 Å². The average Bonchev–Trinajstić information content (AvgIpc) is 2.56. The Kier molecular flexibility index (Phi) is 3.96. The highest BCUT2D eigenvalue weighted by molar-refractivity contribution is 7.87. The van der Waals surface area contributed by atoms with Gasteiger partial charge >= 0.3 is 0 Å². The van der Waals surface area contributed by atoms with Gasteiger partial charge in [-0.15, -0.1) is 12.6 Å². The van der Waals surface area contributed by atoms with Gasteiger partial charge in [0.05, 0.1) is 5.30 Å². The summed E-state index contributed by atoms with van der Waals surface area (Å²) in [5.41, 5.74) is 0. The minimum atomic E-state index is -2.95. The van der Waals surface area contributed by atoms with E-state index in [4.69, 9.17) is 0 Å². The van der Waals surface area contributed by atoms with Crippen LogP contribution in [0.15, 0.2) is 84.0 Å². The molecule has 0 fully saturated rings. The van der Waals surface area contributed by atoms with Gasteiger partial charge < -0.3 is 4.57 Å².